The molecule has 0 fully saturated rings. The second-order valence-corrected chi connectivity index (χ2v) is 4.21. The van der Waals surface area contributed by atoms with Gasteiger partial charge in [0.2, 0.25) is 0 Å². The lowest BCUT2D eigenvalue weighted by atomic mass is 10.1. The average molecular weight is 259 g/mol. The van der Waals surface area contributed by atoms with Gasteiger partial charge in [-0.2, -0.15) is 0 Å². The highest BCUT2D eigenvalue weighted by Gasteiger charge is 2.05. The lowest BCUT2D eigenvalue weighted by Crippen LogP contribution is -2.25. The number of aliphatic imine (C=N–C) groups is 1. The van der Waals surface area contributed by atoms with Gasteiger partial charge in [-0.05, 0) is 31.5 Å². The Morgan fingerprint density at radius 3 is 2.62 bits per heavy atom. The smallest absolute Gasteiger partial charge is 0.101 e. The summed E-state index contributed by atoms with van der Waals surface area (Å²) < 4.78 is 0. The number of amidine groups is 1. The van der Waals surface area contributed by atoms with Gasteiger partial charge < -0.3 is 5.32 Å². The van der Waals surface area contributed by atoms with Crippen LogP contribution in [0.4, 0.5) is 0 Å². The fourth-order valence-electron chi connectivity index (χ4n) is 1.41. The Hall–Kier alpha value is -0.730. The van der Waals surface area contributed by atoms with Gasteiger partial charge >= 0.3 is 0 Å². The van der Waals surface area contributed by atoms with Crippen LogP contribution in [0.1, 0.15) is 19.4 Å². The van der Waals surface area contributed by atoms with E-state index in [-0.39, 0.29) is 0 Å². The quantitative estimate of drug-likeness (QED) is 0.648. The molecule has 1 rings (SSSR count). The third kappa shape index (κ3) is 4.03. The number of nitrogens with zero attached hydrogens (tertiary/aromatic N) is 1. The lowest BCUT2D eigenvalue weighted by Gasteiger charge is -2.09. The maximum absolute atomic E-state index is 6.11. The van der Waals surface area contributed by atoms with E-state index in [0.717, 1.165) is 30.9 Å². The van der Waals surface area contributed by atoms with Crippen molar-refractivity contribution in [3.05, 3.63) is 33.8 Å². The van der Waals surface area contributed by atoms with Gasteiger partial charge in [0.15, 0.2) is 0 Å². The summed E-state index contributed by atoms with van der Waals surface area (Å²) in [7, 11) is 0. The van der Waals surface area contributed by atoms with Crippen molar-refractivity contribution in [2.45, 2.75) is 20.3 Å². The van der Waals surface area contributed by atoms with E-state index in [1.54, 1.807) is 6.07 Å². The Labute approximate surface area is 107 Å². The summed E-state index contributed by atoms with van der Waals surface area (Å²) in [5, 5.41) is 4.58. The Morgan fingerprint density at radius 2 is 2.06 bits per heavy atom. The summed E-state index contributed by atoms with van der Waals surface area (Å²) in [6.07, 6.45) is 0.720. The maximum Gasteiger partial charge on any atom is 0.101 e. The minimum Gasteiger partial charge on any atom is -0.374 e. The van der Waals surface area contributed by atoms with Crippen molar-refractivity contribution in [3.63, 3.8) is 0 Å². The molecule has 0 saturated carbocycles. The molecule has 0 aliphatic carbocycles. The number of hydrogen-bond acceptors (Lipinski definition) is 1. The van der Waals surface area contributed by atoms with Crippen molar-refractivity contribution in [1.82, 2.24) is 5.32 Å². The molecule has 0 radical (unpaired) electrons. The molecule has 0 aromatic heterocycles. The van der Waals surface area contributed by atoms with Crippen molar-refractivity contribution in [3.8, 4) is 0 Å². The zero-order valence-corrected chi connectivity index (χ0v) is 11.1. The maximum atomic E-state index is 6.11. The summed E-state index contributed by atoms with van der Waals surface area (Å²) in [4.78, 5) is 4.39. The van der Waals surface area contributed by atoms with E-state index in [2.05, 4.69) is 17.2 Å². The standard InChI is InChI=1S/C12H16Cl2N2/c1-3-15-12(16-4-2)7-9-5-6-10(13)8-11(9)14/h5-6,8H,3-4,7H2,1-2H3,(H,15,16). The molecular weight excluding hydrogens is 243 g/mol. The van der Waals surface area contributed by atoms with Crippen LogP contribution in [0, 0.1) is 0 Å². The third-order valence-corrected chi connectivity index (χ3v) is 2.69. The van der Waals surface area contributed by atoms with Gasteiger partial charge in [0.05, 0.1) is 0 Å². The molecule has 0 atom stereocenters. The first kappa shape index (κ1) is 13.3. The molecule has 0 amide bonds. The monoisotopic (exact) mass is 258 g/mol. The van der Waals surface area contributed by atoms with Gasteiger partial charge in [0.25, 0.3) is 0 Å². The largest absolute Gasteiger partial charge is 0.374 e. The Balaban J connectivity index is 2.81. The highest BCUT2D eigenvalue weighted by molar-refractivity contribution is 6.35. The molecule has 0 bridgehead atoms. The minimum atomic E-state index is 0.659. The lowest BCUT2D eigenvalue weighted by molar-refractivity contribution is 0.922. The number of benzene rings is 1. The molecule has 0 aliphatic rings. The van der Waals surface area contributed by atoms with Crippen LogP contribution in [-0.2, 0) is 6.42 Å². The normalized spacial score (nSPS) is 11.6. The van der Waals surface area contributed by atoms with Crippen LogP contribution >= 0.6 is 23.2 Å². The molecule has 1 aromatic carbocycles. The highest BCUT2D eigenvalue weighted by atomic mass is 35.5. The summed E-state index contributed by atoms with van der Waals surface area (Å²) in [5.41, 5.74) is 1.04. The molecule has 0 spiro atoms. The van der Waals surface area contributed by atoms with Gasteiger partial charge in [-0.1, -0.05) is 29.3 Å². The second kappa shape index (κ2) is 6.77. The highest BCUT2D eigenvalue weighted by Crippen LogP contribution is 2.21. The van der Waals surface area contributed by atoms with Crippen LogP contribution in [-0.4, -0.2) is 18.9 Å². The van der Waals surface area contributed by atoms with E-state index < -0.39 is 0 Å². The van der Waals surface area contributed by atoms with Crippen molar-refractivity contribution in [1.29, 1.82) is 0 Å². The van der Waals surface area contributed by atoms with E-state index in [0.29, 0.717) is 10.0 Å². The van der Waals surface area contributed by atoms with Gasteiger partial charge in [-0.3, -0.25) is 4.99 Å². The van der Waals surface area contributed by atoms with E-state index in [9.17, 15) is 0 Å². The predicted molar refractivity (Wildman–Crippen MR) is 71.8 cm³/mol. The van der Waals surface area contributed by atoms with Gasteiger partial charge in [0, 0.05) is 29.6 Å². The van der Waals surface area contributed by atoms with Crippen LogP contribution in [0.3, 0.4) is 0 Å². The molecule has 0 heterocycles. The molecule has 4 heteroatoms. The van der Waals surface area contributed by atoms with Crippen molar-refractivity contribution >= 4 is 29.0 Å². The fraction of sp³-hybridized carbons (Fsp3) is 0.417. The number of halogens is 2. The molecule has 1 aromatic rings. The van der Waals surface area contributed by atoms with Crippen LogP contribution in [0.25, 0.3) is 0 Å². The molecule has 16 heavy (non-hydrogen) atoms. The molecule has 2 nitrogen and oxygen atoms in total. The van der Waals surface area contributed by atoms with Crippen LogP contribution < -0.4 is 5.32 Å². The second-order valence-electron chi connectivity index (χ2n) is 3.36. The molecule has 0 saturated heterocycles. The summed E-state index contributed by atoms with van der Waals surface area (Å²) in [6.45, 7) is 5.70. The van der Waals surface area contributed by atoms with Gasteiger partial charge in [-0.25, -0.2) is 0 Å². The first-order valence-corrected chi connectivity index (χ1v) is 6.14. The predicted octanol–water partition coefficient (Wildman–Crippen LogP) is 3.56. The molecule has 0 aliphatic heterocycles. The van der Waals surface area contributed by atoms with E-state index in [1.165, 1.54) is 0 Å². The number of rotatable bonds is 4. The van der Waals surface area contributed by atoms with Crippen LogP contribution in [0.5, 0.6) is 0 Å². The first-order chi connectivity index (χ1) is 7.67. The minimum absolute atomic E-state index is 0.659. The molecular formula is C12H16Cl2N2. The van der Waals surface area contributed by atoms with Gasteiger partial charge in [-0.15, -0.1) is 0 Å². The SMILES string of the molecule is CCN=C(Cc1ccc(Cl)cc1Cl)NCC. The molecule has 0 unspecified atom stereocenters. The summed E-state index contributed by atoms with van der Waals surface area (Å²) in [6, 6.07) is 5.54. The van der Waals surface area contributed by atoms with Crippen LogP contribution in [0.15, 0.2) is 23.2 Å². The Morgan fingerprint density at radius 1 is 1.31 bits per heavy atom. The number of hydrogen-bond donors (Lipinski definition) is 1. The number of nitrogens with one attached hydrogen (secondary N) is 1. The van der Waals surface area contributed by atoms with Crippen molar-refractivity contribution in [2.24, 2.45) is 4.99 Å². The van der Waals surface area contributed by atoms with Crippen LogP contribution in [0.2, 0.25) is 10.0 Å². The Kier molecular flexibility index (Phi) is 5.64. The number of likely N-dealkylation sites (N-methyl/N-ethyl adjacent to an activating group) is 1. The average Bonchev–Trinajstić information content (AvgIpc) is 2.23. The first-order valence-electron chi connectivity index (χ1n) is 5.38. The van der Waals surface area contributed by atoms with E-state index >= 15 is 0 Å². The summed E-state index contributed by atoms with van der Waals surface area (Å²) >= 11 is 12.0. The third-order valence-electron chi connectivity index (χ3n) is 2.10. The fourth-order valence-corrected chi connectivity index (χ4v) is 1.89. The topological polar surface area (TPSA) is 24.4 Å². The van der Waals surface area contributed by atoms with Crippen molar-refractivity contribution in [2.75, 3.05) is 13.1 Å². The van der Waals surface area contributed by atoms with Gasteiger partial charge in [0.1, 0.15) is 5.84 Å². The van der Waals surface area contributed by atoms with E-state index in [1.807, 2.05) is 19.1 Å². The summed E-state index contributed by atoms with van der Waals surface area (Å²) in [5.74, 6) is 0.967. The molecule has 88 valence electrons. The molecule has 1 N–H and O–H groups in total. The Bertz CT molecular complexity index is 375. The van der Waals surface area contributed by atoms with Crippen molar-refractivity contribution < 1.29 is 0 Å². The zero-order chi connectivity index (χ0) is 12.0. The van der Waals surface area contributed by atoms with E-state index in [4.69, 9.17) is 23.2 Å². The zero-order valence-electron chi connectivity index (χ0n) is 9.56.